The predicted molar refractivity (Wildman–Crippen MR) is 72.6 cm³/mol. The summed E-state index contributed by atoms with van der Waals surface area (Å²) in [5.74, 6) is -0.222. The first-order chi connectivity index (χ1) is 7.98. The van der Waals surface area contributed by atoms with Crippen molar-refractivity contribution < 1.29 is 4.39 Å². The molecule has 0 aliphatic carbocycles. The fourth-order valence-corrected chi connectivity index (χ4v) is 2.70. The second-order valence-corrected chi connectivity index (χ2v) is 10.2. The predicted octanol–water partition coefficient (Wildman–Crippen LogP) is 3.43. The summed E-state index contributed by atoms with van der Waals surface area (Å²) >= 11 is 0. The van der Waals surface area contributed by atoms with Gasteiger partial charge in [0.05, 0.1) is 13.8 Å². The lowest BCUT2D eigenvalue weighted by Gasteiger charge is -2.16. The lowest BCUT2D eigenvalue weighted by Crippen LogP contribution is -2.37. The first kappa shape index (κ1) is 12.0. The molecule has 0 radical (unpaired) electrons. The molecule has 0 spiro atoms. The number of pyridine rings is 1. The molecule has 0 N–H and O–H groups in total. The Hall–Kier alpha value is -1.48. The van der Waals surface area contributed by atoms with Gasteiger partial charge in [0.25, 0.3) is 0 Å². The maximum atomic E-state index is 13.6. The van der Waals surface area contributed by atoms with Crippen LogP contribution in [0.2, 0.25) is 19.6 Å². The van der Waals surface area contributed by atoms with Gasteiger partial charge in [-0.3, -0.25) is 4.98 Å². The highest BCUT2D eigenvalue weighted by atomic mass is 28.3. The van der Waals surface area contributed by atoms with Crippen molar-refractivity contribution in [3.63, 3.8) is 0 Å². The molecule has 0 unspecified atom stereocenters. The highest BCUT2D eigenvalue weighted by molar-refractivity contribution is 6.88. The van der Waals surface area contributed by atoms with Crippen LogP contribution < -0.4 is 5.19 Å². The second kappa shape index (κ2) is 4.41. The molecule has 0 saturated heterocycles. The minimum atomic E-state index is -1.33. The van der Waals surface area contributed by atoms with Crippen LogP contribution in [0, 0.1) is 5.82 Å². The lowest BCUT2D eigenvalue weighted by atomic mass is 10.1. The third kappa shape index (κ3) is 2.61. The minimum Gasteiger partial charge on any atom is -0.256 e. The summed E-state index contributed by atoms with van der Waals surface area (Å²) in [6.07, 6.45) is 1.88. The van der Waals surface area contributed by atoms with Gasteiger partial charge in [-0.25, -0.2) is 4.39 Å². The quantitative estimate of drug-likeness (QED) is 0.739. The maximum Gasteiger partial charge on any atom is 0.132 e. The van der Waals surface area contributed by atoms with Gasteiger partial charge in [-0.15, -0.1) is 0 Å². The topological polar surface area (TPSA) is 12.9 Å². The molecule has 2 aromatic rings. The van der Waals surface area contributed by atoms with Gasteiger partial charge in [-0.05, 0) is 23.4 Å². The van der Waals surface area contributed by atoms with Crippen LogP contribution in [0.25, 0.3) is 11.3 Å². The zero-order valence-corrected chi connectivity index (χ0v) is 11.4. The van der Waals surface area contributed by atoms with E-state index < -0.39 is 8.07 Å². The largest absolute Gasteiger partial charge is 0.256 e. The Bertz CT molecular complexity index is 514. The fourth-order valence-electron chi connectivity index (χ4n) is 1.67. The molecule has 1 aromatic carbocycles. The van der Waals surface area contributed by atoms with Crippen LogP contribution in [0.3, 0.4) is 0 Å². The third-order valence-corrected chi connectivity index (χ3v) is 4.81. The molecule has 0 amide bonds. The monoisotopic (exact) mass is 245 g/mol. The lowest BCUT2D eigenvalue weighted by molar-refractivity contribution is 0.631. The van der Waals surface area contributed by atoms with Gasteiger partial charge in [-0.1, -0.05) is 37.8 Å². The van der Waals surface area contributed by atoms with Crippen molar-refractivity contribution in [3.05, 3.63) is 48.4 Å². The normalized spacial score (nSPS) is 11.5. The number of rotatable bonds is 2. The van der Waals surface area contributed by atoms with Crippen LogP contribution in [0.1, 0.15) is 0 Å². The molecule has 1 heterocycles. The molecule has 1 aromatic heterocycles. The molecule has 0 fully saturated rings. The van der Waals surface area contributed by atoms with Crippen molar-refractivity contribution in [1.29, 1.82) is 0 Å². The number of hydrogen-bond donors (Lipinski definition) is 0. The summed E-state index contributed by atoms with van der Waals surface area (Å²) in [6, 6.07) is 10.7. The van der Waals surface area contributed by atoms with Crippen LogP contribution in [0.5, 0.6) is 0 Å². The van der Waals surface area contributed by atoms with Gasteiger partial charge < -0.3 is 0 Å². The minimum absolute atomic E-state index is 0.222. The number of hydrogen-bond acceptors (Lipinski definition) is 1. The smallest absolute Gasteiger partial charge is 0.132 e. The van der Waals surface area contributed by atoms with Crippen LogP contribution in [-0.4, -0.2) is 13.1 Å². The van der Waals surface area contributed by atoms with Crippen molar-refractivity contribution in [3.8, 4) is 11.3 Å². The highest BCUT2D eigenvalue weighted by Gasteiger charge is 2.16. The van der Waals surface area contributed by atoms with Gasteiger partial charge in [0, 0.05) is 11.8 Å². The van der Waals surface area contributed by atoms with Gasteiger partial charge in [-0.2, -0.15) is 0 Å². The average Bonchev–Trinajstić information content (AvgIpc) is 2.29. The summed E-state index contributed by atoms with van der Waals surface area (Å²) < 4.78 is 13.6. The number of benzene rings is 1. The Morgan fingerprint density at radius 2 is 1.71 bits per heavy atom. The van der Waals surface area contributed by atoms with Gasteiger partial charge in [0.15, 0.2) is 0 Å². The zero-order valence-electron chi connectivity index (χ0n) is 10.4. The number of nitrogens with zero attached hydrogens (tertiary/aromatic N) is 1. The SMILES string of the molecule is C[Si](C)(C)c1ccc(-c2ccccc2F)nc1. The van der Waals surface area contributed by atoms with Crippen LogP contribution in [0.4, 0.5) is 4.39 Å². The maximum absolute atomic E-state index is 13.6. The Labute approximate surface area is 102 Å². The molecule has 0 saturated carbocycles. The van der Waals surface area contributed by atoms with E-state index in [1.54, 1.807) is 12.1 Å². The molecule has 0 bridgehead atoms. The second-order valence-electron chi connectivity index (χ2n) is 5.16. The first-order valence-electron chi connectivity index (χ1n) is 5.70. The molecule has 0 atom stereocenters. The van der Waals surface area contributed by atoms with Gasteiger partial charge in [0.1, 0.15) is 5.82 Å². The Morgan fingerprint density at radius 3 is 2.24 bits per heavy atom. The molecule has 0 aliphatic rings. The third-order valence-electron chi connectivity index (χ3n) is 2.78. The summed E-state index contributed by atoms with van der Waals surface area (Å²) in [6.45, 7) is 6.81. The summed E-state index contributed by atoms with van der Waals surface area (Å²) in [7, 11) is -1.33. The van der Waals surface area contributed by atoms with Crippen molar-refractivity contribution in [2.24, 2.45) is 0 Å². The molecule has 1 nitrogen and oxygen atoms in total. The van der Waals surface area contributed by atoms with Crippen molar-refractivity contribution in [2.75, 3.05) is 0 Å². The standard InChI is InChI=1S/C14H16FNSi/c1-17(2,3)11-8-9-14(16-10-11)12-6-4-5-7-13(12)15/h4-10H,1-3H3. The molecule has 3 heteroatoms. The highest BCUT2D eigenvalue weighted by Crippen LogP contribution is 2.19. The zero-order chi connectivity index (χ0) is 12.5. The van der Waals surface area contributed by atoms with Gasteiger partial charge >= 0.3 is 0 Å². The van der Waals surface area contributed by atoms with E-state index in [4.69, 9.17) is 0 Å². The van der Waals surface area contributed by atoms with Crippen LogP contribution in [0.15, 0.2) is 42.6 Å². The summed E-state index contributed by atoms with van der Waals surface area (Å²) in [5.41, 5.74) is 1.26. The van der Waals surface area contributed by atoms with E-state index >= 15 is 0 Å². The van der Waals surface area contributed by atoms with E-state index in [1.807, 2.05) is 18.3 Å². The fraction of sp³-hybridized carbons (Fsp3) is 0.214. The Balaban J connectivity index is 2.40. The van der Waals surface area contributed by atoms with E-state index in [9.17, 15) is 4.39 Å². The molecular weight excluding hydrogens is 229 g/mol. The molecule has 0 aliphatic heterocycles. The average molecular weight is 245 g/mol. The molecule has 88 valence electrons. The summed E-state index contributed by atoms with van der Waals surface area (Å²) in [5, 5.41) is 1.29. The van der Waals surface area contributed by atoms with E-state index in [-0.39, 0.29) is 5.82 Å². The molecule has 2 rings (SSSR count). The van der Waals surface area contributed by atoms with Crippen molar-refractivity contribution in [2.45, 2.75) is 19.6 Å². The Kier molecular flexibility index (Phi) is 3.11. The molecule has 17 heavy (non-hydrogen) atoms. The van der Waals surface area contributed by atoms with E-state index in [2.05, 4.69) is 30.7 Å². The first-order valence-corrected chi connectivity index (χ1v) is 9.20. The Morgan fingerprint density at radius 1 is 1.00 bits per heavy atom. The number of halogens is 1. The van der Waals surface area contributed by atoms with E-state index in [0.29, 0.717) is 11.3 Å². The van der Waals surface area contributed by atoms with Crippen LogP contribution >= 0.6 is 0 Å². The van der Waals surface area contributed by atoms with Crippen molar-refractivity contribution in [1.82, 2.24) is 4.98 Å². The van der Waals surface area contributed by atoms with E-state index in [1.165, 1.54) is 11.3 Å². The molecular formula is C14H16FNSi. The van der Waals surface area contributed by atoms with Crippen molar-refractivity contribution >= 4 is 13.3 Å². The number of aromatic nitrogens is 1. The van der Waals surface area contributed by atoms with Crippen LogP contribution in [-0.2, 0) is 0 Å². The summed E-state index contributed by atoms with van der Waals surface area (Å²) in [4.78, 5) is 4.37. The van der Waals surface area contributed by atoms with Gasteiger partial charge in [0.2, 0.25) is 0 Å². The van der Waals surface area contributed by atoms with E-state index in [0.717, 1.165) is 0 Å².